The number of hydrogen-bond acceptors (Lipinski definition) is 2. The van der Waals surface area contributed by atoms with Crippen LogP contribution < -0.4 is 10.6 Å². The van der Waals surface area contributed by atoms with Gasteiger partial charge in [0.2, 0.25) is 0 Å². The molecule has 0 saturated carbocycles. The maximum Gasteiger partial charge on any atom is 0.315 e. The molecule has 2 aromatic rings. The van der Waals surface area contributed by atoms with E-state index in [1.165, 1.54) is 0 Å². The van der Waals surface area contributed by atoms with E-state index in [0.29, 0.717) is 6.54 Å². The summed E-state index contributed by atoms with van der Waals surface area (Å²) < 4.78 is 11.3. The highest BCUT2D eigenvalue weighted by Gasteiger charge is 2.00. The van der Waals surface area contributed by atoms with Crippen LogP contribution in [0.1, 0.15) is 11.1 Å². The number of urea groups is 1. The van der Waals surface area contributed by atoms with Crippen molar-refractivity contribution >= 4 is 16.8 Å². The van der Waals surface area contributed by atoms with Crippen LogP contribution in [0.4, 0.5) is 4.79 Å². The molecular weight excluding hydrogens is 308 g/mol. The van der Waals surface area contributed by atoms with Crippen LogP contribution in [0.3, 0.4) is 0 Å². The molecule has 0 aliphatic carbocycles. The molecule has 1 atom stereocenters. The second-order valence-electron chi connectivity index (χ2n) is 4.80. The predicted octanol–water partition coefficient (Wildman–Crippen LogP) is 2.27. The molecule has 0 saturated heterocycles. The highest BCUT2D eigenvalue weighted by Crippen LogP contribution is 2.07. The van der Waals surface area contributed by atoms with Crippen molar-refractivity contribution in [3.8, 4) is 11.8 Å². The normalized spacial score (nSPS) is 11.0. The summed E-state index contributed by atoms with van der Waals surface area (Å²) in [6, 6.07) is 16.6. The number of carbonyl (C=O) groups is 1. The maximum absolute atomic E-state index is 11.7. The van der Waals surface area contributed by atoms with Gasteiger partial charge in [-0.15, -0.1) is 0 Å². The van der Waals surface area contributed by atoms with Crippen molar-refractivity contribution in [1.29, 1.82) is 0 Å². The summed E-state index contributed by atoms with van der Waals surface area (Å²) in [5.74, 6) is 5.86. The van der Waals surface area contributed by atoms with Gasteiger partial charge in [-0.3, -0.25) is 4.21 Å². The quantitative estimate of drug-likeness (QED) is 0.847. The average molecular weight is 326 g/mol. The molecule has 118 valence electrons. The highest BCUT2D eigenvalue weighted by atomic mass is 32.2. The lowest BCUT2D eigenvalue weighted by molar-refractivity contribution is 0.241. The molecule has 2 rings (SSSR count). The summed E-state index contributed by atoms with van der Waals surface area (Å²) in [6.45, 7) is 0.697. The third-order valence-corrected chi connectivity index (χ3v) is 3.99. The van der Waals surface area contributed by atoms with Crippen LogP contribution >= 0.6 is 0 Å². The smallest absolute Gasteiger partial charge is 0.315 e. The summed E-state index contributed by atoms with van der Waals surface area (Å²) in [5.41, 5.74) is 1.87. The van der Waals surface area contributed by atoms with Crippen molar-refractivity contribution in [2.45, 2.75) is 11.4 Å². The van der Waals surface area contributed by atoms with E-state index in [-0.39, 0.29) is 12.6 Å². The Balaban J connectivity index is 1.73. The van der Waals surface area contributed by atoms with E-state index in [2.05, 4.69) is 22.5 Å². The molecule has 0 fully saturated rings. The molecule has 0 aliphatic rings. The predicted molar refractivity (Wildman–Crippen MR) is 92.3 cm³/mol. The molecular formula is C18H18N2O2S. The molecule has 2 aromatic carbocycles. The third kappa shape index (κ3) is 5.97. The second kappa shape index (κ2) is 8.76. The fourth-order valence-electron chi connectivity index (χ4n) is 1.84. The summed E-state index contributed by atoms with van der Waals surface area (Å²) in [5, 5.41) is 5.43. The van der Waals surface area contributed by atoms with Gasteiger partial charge in [-0.05, 0) is 29.8 Å². The molecule has 0 unspecified atom stereocenters. The van der Waals surface area contributed by atoms with Crippen LogP contribution in [0.5, 0.6) is 0 Å². The molecule has 0 bridgehead atoms. The lowest BCUT2D eigenvalue weighted by Crippen LogP contribution is -2.35. The SMILES string of the molecule is C[S@@](=O)c1ccc(CNC(=O)NCC#Cc2ccccc2)cc1. The van der Waals surface area contributed by atoms with Crippen LogP contribution in [0.15, 0.2) is 59.5 Å². The van der Waals surface area contributed by atoms with Gasteiger partial charge in [-0.2, -0.15) is 0 Å². The number of rotatable bonds is 4. The molecule has 23 heavy (non-hydrogen) atoms. The van der Waals surface area contributed by atoms with Crippen molar-refractivity contribution in [3.05, 3.63) is 65.7 Å². The minimum absolute atomic E-state index is 0.268. The molecule has 0 spiro atoms. The number of nitrogens with one attached hydrogen (secondary N) is 2. The summed E-state index contributed by atoms with van der Waals surface area (Å²) in [7, 11) is -0.986. The lowest BCUT2D eigenvalue weighted by atomic mass is 10.2. The molecule has 0 radical (unpaired) electrons. The molecule has 0 aliphatic heterocycles. The molecule has 0 aromatic heterocycles. The van der Waals surface area contributed by atoms with Gasteiger partial charge < -0.3 is 10.6 Å². The zero-order valence-electron chi connectivity index (χ0n) is 12.8. The Morgan fingerprint density at radius 3 is 2.39 bits per heavy atom. The average Bonchev–Trinajstić information content (AvgIpc) is 2.58. The van der Waals surface area contributed by atoms with Crippen molar-refractivity contribution in [2.24, 2.45) is 0 Å². The van der Waals surface area contributed by atoms with E-state index < -0.39 is 10.8 Å². The van der Waals surface area contributed by atoms with Crippen LogP contribution in [0, 0.1) is 11.8 Å². The van der Waals surface area contributed by atoms with E-state index in [4.69, 9.17) is 0 Å². The van der Waals surface area contributed by atoms with Crippen LogP contribution in [0.2, 0.25) is 0 Å². The van der Waals surface area contributed by atoms with E-state index >= 15 is 0 Å². The molecule has 2 amide bonds. The monoisotopic (exact) mass is 326 g/mol. The lowest BCUT2D eigenvalue weighted by Gasteiger charge is -2.06. The van der Waals surface area contributed by atoms with Gasteiger partial charge in [0.1, 0.15) is 0 Å². The minimum Gasteiger partial charge on any atom is -0.334 e. The fraction of sp³-hybridized carbons (Fsp3) is 0.167. The number of benzene rings is 2. The number of hydrogen-bond donors (Lipinski definition) is 2. The van der Waals surface area contributed by atoms with Crippen molar-refractivity contribution in [1.82, 2.24) is 10.6 Å². The third-order valence-electron chi connectivity index (χ3n) is 3.05. The van der Waals surface area contributed by atoms with Gasteiger partial charge in [0.25, 0.3) is 0 Å². The van der Waals surface area contributed by atoms with Crippen molar-refractivity contribution < 1.29 is 9.00 Å². The van der Waals surface area contributed by atoms with Gasteiger partial charge in [0.15, 0.2) is 0 Å². The topological polar surface area (TPSA) is 58.2 Å². The highest BCUT2D eigenvalue weighted by molar-refractivity contribution is 7.84. The van der Waals surface area contributed by atoms with Gasteiger partial charge in [-0.25, -0.2) is 4.79 Å². The molecule has 4 nitrogen and oxygen atoms in total. The van der Waals surface area contributed by atoms with E-state index in [9.17, 15) is 9.00 Å². The zero-order valence-corrected chi connectivity index (χ0v) is 13.7. The van der Waals surface area contributed by atoms with Gasteiger partial charge in [0, 0.05) is 34.1 Å². The van der Waals surface area contributed by atoms with Crippen molar-refractivity contribution in [3.63, 3.8) is 0 Å². The molecule has 0 heterocycles. The Morgan fingerprint density at radius 2 is 1.74 bits per heavy atom. The van der Waals surface area contributed by atoms with Gasteiger partial charge in [0.05, 0.1) is 6.54 Å². The Morgan fingerprint density at radius 1 is 1.04 bits per heavy atom. The summed E-state index contributed by atoms with van der Waals surface area (Å²) >= 11 is 0. The van der Waals surface area contributed by atoms with Crippen LogP contribution in [-0.4, -0.2) is 23.0 Å². The van der Waals surface area contributed by atoms with E-state index in [1.807, 2.05) is 42.5 Å². The van der Waals surface area contributed by atoms with E-state index in [1.54, 1.807) is 18.4 Å². The summed E-state index contributed by atoms with van der Waals surface area (Å²) in [6.07, 6.45) is 1.64. The zero-order chi connectivity index (χ0) is 16.5. The maximum atomic E-state index is 11.7. The standard InChI is InChI=1S/C18H18N2O2S/c1-23(22)17-11-9-16(10-12-17)14-20-18(21)19-13-5-8-15-6-3-2-4-7-15/h2-4,6-7,9-12H,13-14H2,1H3,(H2,19,20,21)/t23-/m1/s1. The van der Waals surface area contributed by atoms with Crippen LogP contribution in [-0.2, 0) is 17.3 Å². The minimum atomic E-state index is -0.986. The Labute approximate surface area is 138 Å². The molecule has 2 N–H and O–H groups in total. The second-order valence-corrected chi connectivity index (χ2v) is 6.18. The fourth-order valence-corrected chi connectivity index (χ4v) is 2.36. The van der Waals surface area contributed by atoms with E-state index in [0.717, 1.165) is 16.0 Å². The Hall–Kier alpha value is -2.58. The van der Waals surface area contributed by atoms with Gasteiger partial charge >= 0.3 is 6.03 Å². The van der Waals surface area contributed by atoms with Gasteiger partial charge in [-0.1, -0.05) is 42.2 Å². The van der Waals surface area contributed by atoms with Crippen molar-refractivity contribution in [2.75, 3.05) is 12.8 Å². The molecule has 5 heteroatoms. The first-order valence-corrected chi connectivity index (χ1v) is 8.69. The first kappa shape index (κ1) is 16.8. The first-order valence-electron chi connectivity index (χ1n) is 7.13. The summed E-state index contributed by atoms with van der Waals surface area (Å²) in [4.78, 5) is 12.4. The number of carbonyl (C=O) groups excluding carboxylic acids is 1. The number of amides is 2. The van der Waals surface area contributed by atoms with Crippen LogP contribution in [0.25, 0.3) is 0 Å². The Kier molecular flexibility index (Phi) is 6.40. The first-order chi connectivity index (χ1) is 11.1. The Bertz CT molecular complexity index is 731. The largest absolute Gasteiger partial charge is 0.334 e.